The summed E-state index contributed by atoms with van der Waals surface area (Å²) in [4.78, 5) is 0. The molecule has 3 nitrogen and oxygen atoms in total. The molecule has 2 unspecified atom stereocenters. The number of benzene rings is 1. The number of ether oxygens (including phenoxy) is 2. The second kappa shape index (κ2) is 7.30. The average Bonchev–Trinajstić information content (AvgIpc) is 2.38. The first-order valence-electron chi connectivity index (χ1n) is 6.11. The van der Waals surface area contributed by atoms with Crippen molar-refractivity contribution in [2.45, 2.75) is 19.8 Å². The topological polar surface area (TPSA) is 44.5 Å². The van der Waals surface area contributed by atoms with Gasteiger partial charge < -0.3 is 15.2 Å². The van der Waals surface area contributed by atoms with Gasteiger partial charge in [0.1, 0.15) is 12.4 Å². The molecule has 96 valence electrons. The summed E-state index contributed by atoms with van der Waals surface area (Å²) in [6.45, 7) is 6.23. The third-order valence-electron chi connectivity index (χ3n) is 3.18. The Kier molecular flexibility index (Phi) is 6.01. The van der Waals surface area contributed by atoms with Gasteiger partial charge in [0.25, 0.3) is 0 Å². The van der Waals surface area contributed by atoms with Crippen LogP contribution in [0.25, 0.3) is 0 Å². The predicted octanol–water partition coefficient (Wildman–Crippen LogP) is 2.41. The van der Waals surface area contributed by atoms with Gasteiger partial charge in [-0.25, -0.2) is 0 Å². The van der Waals surface area contributed by atoms with Crippen LogP contribution in [0.1, 0.15) is 25.3 Å². The molecule has 0 spiro atoms. The SMILES string of the molecule is COCCOc1ccccc1C(C)C(C)CN. The molecule has 0 aliphatic carbocycles. The maximum atomic E-state index is 5.73. The molecule has 17 heavy (non-hydrogen) atoms. The lowest BCUT2D eigenvalue weighted by Gasteiger charge is -2.21. The van der Waals surface area contributed by atoms with E-state index in [9.17, 15) is 0 Å². The standard InChI is InChI=1S/C14H23NO2/c1-11(10-15)12(2)13-6-4-5-7-14(13)17-9-8-16-3/h4-7,11-12H,8-10,15H2,1-3H3. The minimum absolute atomic E-state index is 0.402. The maximum absolute atomic E-state index is 5.73. The molecule has 1 aromatic rings. The Morgan fingerprint density at radius 2 is 1.88 bits per heavy atom. The van der Waals surface area contributed by atoms with Crippen molar-refractivity contribution in [1.29, 1.82) is 0 Å². The molecule has 0 amide bonds. The van der Waals surface area contributed by atoms with Crippen molar-refractivity contribution in [3.8, 4) is 5.75 Å². The second-order valence-electron chi connectivity index (χ2n) is 4.38. The Bertz CT molecular complexity index is 328. The number of hydrogen-bond acceptors (Lipinski definition) is 3. The van der Waals surface area contributed by atoms with E-state index >= 15 is 0 Å². The monoisotopic (exact) mass is 237 g/mol. The van der Waals surface area contributed by atoms with Crippen molar-refractivity contribution < 1.29 is 9.47 Å². The number of nitrogens with two attached hydrogens (primary N) is 1. The maximum Gasteiger partial charge on any atom is 0.122 e. The second-order valence-corrected chi connectivity index (χ2v) is 4.38. The Balaban J connectivity index is 2.76. The molecule has 0 bridgehead atoms. The normalized spacial score (nSPS) is 14.4. The minimum Gasteiger partial charge on any atom is -0.491 e. The smallest absolute Gasteiger partial charge is 0.122 e. The van der Waals surface area contributed by atoms with E-state index in [2.05, 4.69) is 19.9 Å². The molecule has 0 aliphatic rings. The van der Waals surface area contributed by atoms with Crippen LogP contribution in [0.2, 0.25) is 0 Å². The molecule has 0 heterocycles. The molecule has 0 fully saturated rings. The largest absolute Gasteiger partial charge is 0.491 e. The molecule has 0 aliphatic heterocycles. The molecular formula is C14H23NO2. The fourth-order valence-electron chi connectivity index (χ4n) is 1.73. The van der Waals surface area contributed by atoms with Crippen LogP contribution >= 0.6 is 0 Å². The van der Waals surface area contributed by atoms with Crippen LogP contribution < -0.4 is 10.5 Å². The zero-order valence-electron chi connectivity index (χ0n) is 11.0. The highest BCUT2D eigenvalue weighted by Crippen LogP contribution is 2.31. The van der Waals surface area contributed by atoms with Crippen LogP contribution in [0.3, 0.4) is 0 Å². The Morgan fingerprint density at radius 3 is 2.53 bits per heavy atom. The van der Waals surface area contributed by atoms with Crippen LogP contribution in [0, 0.1) is 5.92 Å². The van der Waals surface area contributed by atoms with Gasteiger partial charge in [0.15, 0.2) is 0 Å². The van der Waals surface area contributed by atoms with Gasteiger partial charge in [-0.05, 0) is 30.0 Å². The first kappa shape index (κ1) is 14.0. The summed E-state index contributed by atoms with van der Waals surface area (Å²) in [5.41, 5.74) is 6.94. The van der Waals surface area contributed by atoms with Gasteiger partial charge >= 0.3 is 0 Å². The molecule has 0 radical (unpaired) electrons. The van der Waals surface area contributed by atoms with E-state index in [1.807, 2.05) is 18.2 Å². The van der Waals surface area contributed by atoms with Crippen LogP contribution in [-0.4, -0.2) is 26.9 Å². The Hall–Kier alpha value is -1.06. The van der Waals surface area contributed by atoms with Gasteiger partial charge in [-0.3, -0.25) is 0 Å². The third kappa shape index (κ3) is 4.02. The van der Waals surface area contributed by atoms with Crippen molar-refractivity contribution in [1.82, 2.24) is 0 Å². The van der Waals surface area contributed by atoms with Gasteiger partial charge in [-0.15, -0.1) is 0 Å². The van der Waals surface area contributed by atoms with E-state index in [0.29, 0.717) is 31.6 Å². The number of para-hydroxylation sites is 1. The molecular weight excluding hydrogens is 214 g/mol. The van der Waals surface area contributed by atoms with E-state index in [0.717, 1.165) is 5.75 Å². The summed E-state index contributed by atoms with van der Waals surface area (Å²) in [5.74, 6) is 1.79. The molecule has 1 aromatic carbocycles. The van der Waals surface area contributed by atoms with Gasteiger partial charge in [-0.1, -0.05) is 32.0 Å². The highest BCUT2D eigenvalue weighted by molar-refractivity contribution is 5.36. The van der Waals surface area contributed by atoms with Gasteiger partial charge in [-0.2, -0.15) is 0 Å². The van der Waals surface area contributed by atoms with E-state index < -0.39 is 0 Å². The summed E-state index contributed by atoms with van der Waals surface area (Å²) in [6.07, 6.45) is 0. The predicted molar refractivity (Wildman–Crippen MR) is 70.4 cm³/mol. The summed E-state index contributed by atoms with van der Waals surface area (Å²) < 4.78 is 10.7. The summed E-state index contributed by atoms with van der Waals surface area (Å²) in [7, 11) is 1.67. The lowest BCUT2D eigenvalue weighted by Crippen LogP contribution is -2.18. The summed E-state index contributed by atoms with van der Waals surface area (Å²) >= 11 is 0. The number of rotatable bonds is 7. The van der Waals surface area contributed by atoms with Crippen molar-refractivity contribution in [2.75, 3.05) is 26.9 Å². The first-order chi connectivity index (χ1) is 8.20. The summed E-state index contributed by atoms with van der Waals surface area (Å²) in [6, 6.07) is 8.15. The van der Waals surface area contributed by atoms with Gasteiger partial charge in [0.2, 0.25) is 0 Å². The highest BCUT2D eigenvalue weighted by Gasteiger charge is 2.16. The zero-order valence-corrected chi connectivity index (χ0v) is 11.0. The lowest BCUT2D eigenvalue weighted by molar-refractivity contribution is 0.145. The highest BCUT2D eigenvalue weighted by atomic mass is 16.5. The molecule has 3 heteroatoms. The molecule has 1 rings (SSSR count). The number of methoxy groups -OCH3 is 1. The van der Waals surface area contributed by atoms with Gasteiger partial charge in [0.05, 0.1) is 6.61 Å². The Morgan fingerprint density at radius 1 is 1.18 bits per heavy atom. The van der Waals surface area contributed by atoms with Crippen LogP contribution in [-0.2, 0) is 4.74 Å². The van der Waals surface area contributed by atoms with E-state index in [4.69, 9.17) is 15.2 Å². The van der Waals surface area contributed by atoms with Crippen molar-refractivity contribution >= 4 is 0 Å². The molecule has 2 atom stereocenters. The summed E-state index contributed by atoms with van der Waals surface area (Å²) in [5, 5.41) is 0. The van der Waals surface area contributed by atoms with Crippen molar-refractivity contribution in [2.24, 2.45) is 11.7 Å². The molecule has 0 aromatic heterocycles. The Labute approximate surface area is 104 Å². The fraction of sp³-hybridized carbons (Fsp3) is 0.571. The van der Waals surface area contributed by atoms with E-state index in [1.165, 1.54) is 5.56 Å². The number of hydrogen-bond donors (Lipinski definition) is 1. The third-order valence-corrected chi connectivity index (χ3v) is 3.18. The molecule has 0 saturated heterocycles. The zero-order chi connectivity index (χ0) is 12.7. The van der Waals surface area contributed by atoms with E-state index in [1.54, 1.807) is 7.11 Å². The van der Waals surface area contributed by atoms with Crippen LogP contribution in [0.5, 0.6) is 5.75 Å². The molecule has 2 N–H and O–H groups in total. The lowest BCUT2D eigenvalue weighted by atomic mass is 9.88. The van der Waals surface area contributed by atoms with Crippen LogP contribution in [0.15, 0.2) is 24.3 Å². The molecule has 0 saturated carbocycles. The quantitative estimate of drug-likeness (QED) is 0.741. The average molecular weight is 237 g/mol. The van der Waals surface area contributed by atoms with Crippen molar-refractivity contribution in [3.05, 3.63) is 29.8 Å². The minimum atomic E-state index is 0.402. The van der Waals surface area contributed by atoms with Crippen molar-refractivity contribution in [3.63, 3.8) is 0 Å². The van der Waals surface area contributed by atoms with Gasteiger partial charge in [0, 0.05) is 7.11 Å². The fourth-order valence-corrected chi connectivity index (χ4v) is 1.73. The first-order valence-corrected chi connectivity index (χ1v) is 6.11. The van der Waals surface area contributed by atoms with Crippen LogP contribution in [0.4, 0.5) is 0 Å². The van der Waals surface area contributed by atoms with E-state index in [-0.39, 0.29) is 0 Å².